The van der Waals surface area contributed by atoms with Crippen molar-refractivity contribution in [1.82, 2.24) is 4.90 Å². The molecule has 1 heterocycles. The predicted octanol–water partition coefficient (Wildman–Crippen LogP) is 6.27. The Bertz CT molecular complexity index is 1010. The molecule has 2 aromatic carbocycles. The Hall–Kier alpha value is -1.57. The first-order chi connectivity index (χ1) is 13.9. The molecule has 0 saturated carbocycles. The third kappa shape index (κ3) is 5.53. The monoisotopic (exact) mass is 484 g/mol. The van der Waals surface area contributed by atoms with E-state index in [0.29, 0.717) is 42.9 Å². The van der Waals surface area contributed by atoms with Crippen molar-refractivity contribution in [3.8, 4) is 0 Å². The Kier molecular flexibility index (Phi) is 7.60. The van der Waals surface area contributed by atoms with Gasteiger partial charge in [0.15, 0.2) is 0 Å². The lowest BCUT2D eigenvalue weighted by Crippen LogP contribution is -2.29. The van der Waals surface area contributed by atoms with Crippen LogP contribution < -0.4 is 5.32 Å². The summed E-state index contributed by atoms with van der Waals surface area (Å²) in [5.74, 6) is -0.399. The number of nitrogens with one attached hydrogen (secondary N) is 1. The fourth-order valence-corrected chi connectivity index (χ4v) is 4.47. The molecule has 0 unspecified atom stereocenters. The normalized spacial score (nSPS) is 15.3. The van der Waals surface area contributed by atoms with Crippen LogP contribution in [-0.4, -0.2) is 27.6 Å². The van der Waals surface area contributed by atoms with E-state index in [1.165, 1.54) is 16.7 Å². The third-order valence-electron chi connectivity index (χ3n) is 4.08. The zero-order chi connectivity index (χ0) is 21.0. The second kappa shape index (κ2) is 9.96. The fraction of sp³-hybridized carbons (Fsp3) is 0.150. The highest BCUT2D eigenvalue weighted by molar-refractivity contribution is 8.26. The molecule has 3 rings (SSSR count). The van der Waals surface area contributed by atoms with Crippen LogP contribution in [0.15, 0.2) is 47.4 Å². The van der Waals surface area contributed by atoms with Crippen molar-refractivity contribution in [3.63, 3.8) is 0 Å². The SMILES string of the molecule is O=C(CCCN1C(=O)/C(=C\c2ccccc2Cl)SC1=S)Nc1cccc(Cl)c1Cl. The van der Waals surface area contributed by atoms with Gasteiger partial charge < -0.3 is 5.32 Å². The maximum atomic E-state index is 12.7. The first-order valence-corrected chi connectivity index (χ1v) is 11.0. The Morgan fingerprint density at radius 3 is 2.59 bits per heavy atom. The molecule has 1 aliphatic rings. The molecule has 1 saturated heterocycles. The molecule has 29 heavy (non-hydrogen) atoms. The molecule has 0 aliphatic carbocycles. The second-order valence-electron chi connectivity index (χ2n) is 6.11. The minimum absolute atomic E-state index is 0.182. The van der Waals surface area contributed by atoms with Crippen LogP contribution in [0.25, 0.3) is 6.08 Å². The van der Waals surface area contributed by atoms with Crippen LogP contribution >= 0.6 is 58.8 Å². The van der Waals surface area contributed by atoms with Crippen molar-refractivity contribution in [3.05, 3.63) is 68.0 Å². The number of anilines is 1. The Balaban J connectivity index is 1.56. The molecular weight excluding hydrogens is 471 g/mol. The molecule has 150 valence electrons. The fourth-order valence-electron chi connectivity index (χ4n) is 2.64. The summed E-state index contributed by atoms with van der Waals surface area (Å²) >= 11 is 24.7. The first-order valence-electron chi connectivity index (χ1n) is 8.60. The molecule has 0 aromatic heterocycles. The summed E-state index contributed by atoms with van der Waals surface area (Å²) in [5, 5.41) is 3.95. The minimum atomic E-state index is -0.216. The van der Waals surface area contributed by atoms with E-state index in [-0.39, 0.29) is 18.2 Å². The standard InChI is InChI=1S/C20H15Cl3N2O2S2/c21-13-6-2-1-5-12(13)11-16-19(27)25(20(28)29-16)10-4-9-17(26)24-15-8-3-7-14(22)18(15)23/h1-3,5-8,11H,4,9-10H2,(H,24,26)/b16-11+. The van der Waals surface area contributed by atoms with Gasteiger partial charge in [0.2, 0.25) is 5.91 Å². The quantitative estimate of drug-likeness (QED) is 0.387. The number of carbonyl (C=O) groups is 2. The lowest BCUT2D eigenvalue weighted by Gasteiger charge is -2.14. The van der Waals surface area contributed by atoms with Crippen molar-refractivity contribution in [2.75, 3.05) is 11.9 Å². The van der Waals surface area contributed by atoms with Crippen LogP contribution in [0.5, 0.6) is 0 Å². The number of thioether (sulfide) groups is 1. The average Bonchev–Trinajstić information content (AvgIpc) is 2.94. The molecule has 0 bridgehead atoms. The van der Waals surface area contributed by atoms with Gasteiger partial charge in [-0.25, -0.2) is 0 Å². The maximum Gasteiger partial charge on any atom is 0.266 e. The van der Waals surface area contributed by atoms with Gasteiger partial charge >= 0.3 is 0 Å². The van der Waals surface area contributed by atoms with Gasteiger partial charge in [0.05, 0.1) is 20.6 Å². The van der Waals surface area contributed by atoms with E-state index in [0.717, 1.165) is 5.56 Å². The smallest absolute Gasteiger partial charge is 0.266 e. The number of halogens is 3. The predicted molar refractivity (Wildman–Crippen MR) is 126 cm³/mol. The van der Waals surface area contributed by atoms with Gasteiger partial charge in [-0.2, -0.15) is 0 Å². The van der Waals surface area contributed by atoms with Crippen LogP contribution in [0.1, 0.15) is 18.4 Å². The summed E-state index contributed by atoms with van der Waals surface area (Å²) < 4.78 is 0.464. The van der Waals surface area contributed by atoms with E-state index >= 15 is 0 Å². The van der Waals surface area contributed by atoms with Gasteiger partial charge in [-0.15, -0.1) is 0 Å². The highest BCUT2D eigenvalue weighted by atomic mass is 35.5. The molecule has 0 atom stereocenters. The van der Waals surface area contributed by atoms with Crippen LogP contribution in [0, 0.1) is 0 Å². The lowest BCUT2D eigenvalue weighted by molar-refractivity contribution is -0.122. The number of amides is 2. The second-order valence-corrected chi connectivity index (χ2v) is 8.98. The van der Waals surface area contributed by atoms with Gasteiger partial charge in [0, 0.05) is 18.0 Å². The summed E-state index contributed by atoms with van der Waals surface area (Å²) in [6.07, 6.45) is 2.40. The molecular formula is C20H15Cl3N2O2S2. The van der Waals surface area contributed by atoms with Crippen molar-refractivity contribution in [1.29, 1.82) is 0 Å². The van der Waals surface area contributed by atoms with Gasteiger partial charge in [-0.1, -0.05) is 83.0 Å². The maximum absolute atomic E-state index is 12.7. The van der Waals surface area contributed by atoms with Crippen molar-refractivity contribution in [2.24, 2.45) is 0 Å². The minimum Gasteiger partial charge on any atom is -0.325 e. The van der Waals surface area contributed by atoms with Crippen LogP contribution in [-0.2, 0) is 9.59 Å². The van der Waals surface area contributed by atoms with E-state index in [9.17, 15) is 9.59 Å². The van der Waals surface area contributed by atoms with Gasteiger partial charge in [-0.3, -0.25) is 14.5 Å². The van der Waals surface area contributed by atoms with E-state index in [4.69, 9.17) is 47.0 Å². The molecule has 2 aromatic rings. The molecule has 2 amide bonds. The number of thiocarbonyl (C=S) groups is 1. The number of rotatable bonds is 6. The van der Waals surface area contributed by atoms with Crippen LogP contribution in [0.2, 0.25) is 15.1 Å². The molecule has 4 nitrogen and oxygen atoms in total. The van der Waals surface area contributed by atoms with Crippen molar-refractivity contribution >= 4 is 86.7 Å². The van der Waals surface area contributed by atoms with Crippen molar-refractivity contribution < 1.29 is 9.59 Å². The summed E-state index contributed by atoms with van der Waals surface area (Å²) in [4.78, 5) is 26.8. The Morgan fingerprint density at radius 1 is 1.10 bits per heavy atom. The number of nitrogens with zero attached hydrogens (tertiary/aromatic N) is 1. The third-order valence-corrected chi connectivity index (χ3v) is 6.62. The summed E-state index contributed by atoms with van der Waals surface area (Å²) in [5.41, 5.74) is 1.21. The molecule has 1 aliphatic heterocycles. The molecule has 1 N–H and O–H groups in total. The Morgan fingerprint density at radius 2 is 1.83 bits per heavy atom. The van der Waals surface area contributed by atoms with E-state index in [2.05, 4.69) is 5.32 Å². The Labute approximate surface area is 193 Å². The summed E-state index contributed by atoms with van der Waals surface area (Å²) in [6.45, 7) is 0.348. The first kappa shape index (κ1) is 22.1. The molecule has 9 heteroatoms. The van der Waals surface area contributed by atoms with Crippen LogP contribution in [0.4, 0.5) is 5.69 Å². The van der Waals surface area contributed by atoms with E-state index < -0.39 is 0 Å². The number of carbonyl (C=O) groups excluding carboxylic acids is 2. The highest BCUT2D eigenvalue weighted by Gasteiger charge is 2.31. The van der Waals surface area contributed by atoms with Crippen molar-refractivity contribution in [2.45, 2.75) is 12.8 Å². The van der Waals surface area contributed by atoms with Gasteiger partial charge in [0.1, 0.15) is 4.32 Å². The average molecular weight is 486 g/mol. The zero-order valence-electron chi connectivity index (χ0n) is 15.0. The summed E-state index contributed by atoms with van der Waals surface area (Å²) in [6, 6.07) is 12.3. The molecule has 0 radical (unpaired) electrons. The topological polar surface area (TPSA) is 49.4 Å². The number of hydrogen-bond acceptors (Lipinski definition) is 4. The zero-order valence-corrected chi connectivity index (χ0v) is 18.9. The van der Waals surface area contributed by atoms with E-state index in [1.807, 2.05) is 18.2 Å². The molecule has 0 spiro atoms. The lowest BCUT2D eigenvalue weighted by atomic mass is 10.2. The highest BCUT2D eigenvalue weighted by Crippen LogP contribution is 2.34. The van der Waals surface area contributed by atoms with Gasteiger partial charge in [-0.05, 0) is 36.3 Å². The van der Waals surface area contributed by atoms with E-state index in [1.54, 1.807) is 30.3 Å². The number of benzene rings is 2. The molecule has 1 fully saturated rings. The largest absolute Gasteiger partial charge is 0.325 e. The van der Waals surface area contributed by atoms with Gasteiger partial charge in [0.25, 0.3) is 5.91 Å². The summed E-state index contributed by atoms with van der Waals surface area (Å²) in [7, 11) is 0. The van der Waals surface area contributed by atoms with Crippen LogP contribution in [0.3, 0.4) is 0 Å². The number of hydrogen-bond donors (Lipinski definition) is 1.